The van der Waals surface area contributed by atoms with Gasteiger partial charge in [-0.05, 0) is 56.7 Å². The Morgan fingerprint density at radius 3 is 2.16 bits per heavy atom. The minimum absolute atomic E-state index is 0.0786. The predicted molar refractivity (Wildman–Crippen MR) is 104 cm³/mol. The van der Waals surface area contributed by atoms with Crippen molar-refractivity contribution in [3.63, 3.8) is 0 Å². The second-order valence-corrected chi connectivity index (χ2v) is 6.90. The molecule has 1 unspecified atom stereocenters. The topological polar surface area (TPSA) is 70.2 Å². The maximum atomic E-state index is 12.2. The molecule has 0 aliphatic heterocycles. The van der Waals surface area contributed by atoms with Crippen LogP contribution in [-0.2, 0) is 0 Å². The monoisotopic (exact) mass is 403 g/mol. The predicted octanol–water partition coefficient (Wildman–Crippen LogP) is 4.47. The van der Waals surface area contributed by atoms with E-state index in [2.05, 4.69) is 31.9 Å². The number of amides is 3. The van der Waals surface area contributed by atoms with E-state index in [1.54, 1.807) is 24.3 Å². The number of hydrogen-bond acceptors (Lipinski definition) is 2. The summed E-state index contributed by atoms with van der Waals surface area (Å²) >= 11 is 3.48. The molecule has 6 heteroatoms. The Morgan fingerprint density at radius 1 is 0.920 bits per heavy atom. The smallest absolute Gasteiger partial charge is 0.319 e. The Bertz CT molecular complexity index is 745. The molecule has 0 aromatic heterocycles. The van der Waals surface area contributed by atoms with Gasteiger partial charge in [0.15, 0.2) is 0 Å². The summed E-state index contributed by atoms with van der Waals surface area (Å²) in [6, 6.07) is 14.2. The normalized spacial score (nSPS) is 11.7. The lowest BCUT2D eigenvalue weighted by Crippen LogP contribution is -2.31. The lowest BCUT2D eigenvalue weighted by atomic mass is 10.1. The van der Waals surface area contributed by atoms with Gasteiger partial charge in [-0.3, -0.25) is 4.79 Å². The summed E-state index contributed by atoms with van der Waals surface area (Å²) in [7, 11) is 0. The zero-order valence-electron chi connectivity index (χ0n) is 14.5. The molecule has 2 aromatic rings. The van der Waals surface area contributed by atoms with Crippen molar-refractivity contribution >= 4 is 33.6 Å². The second kappa shape index (κ2) is 8.67. The lowest BCUT2D eigenvalue weighted by Gasteiger charge is -2.16. The molecule has 5 nitrogen and oxygen atoms in total. The summed E-state index contributed by atoms with van der Waals surface area (Å²) in [5, 5.41) is 8.49. The molecule has 0 aliphatic carbocycles. The fourth-order valence-electron chi connectivity index (χ4n) is 2.32. The Morgan fingerprint density at radius 2 is 1.56 bits per heavy atom. The maximum Gasteiger partial charge on any atom is 0.319 e. The number of carbonyl (C=O) groups is 2. The fourth-order valence-corrected chi connectivity index (χ4v) is 2.95. The summed E-state index contributed by atoms with van der Waals surface area (Å²) in [5.41, 5.74) is 2.18. The molecule has 0 fully saturated rings. The summed E-state index contributed by atoms with van der Waals surface area (Å²) in [4.78, 5) is 24.1. The molecule has 2 aromatic carbocycles. The number of benzene rings is 2. The highest BCUT2D eigenvalue weighted by molar-refractivity contribution is 9.10. The van der Waals surface area contributed by atoms with Crippen molar-refractivity contribution in [3.05, 3.63) is 64.1 Å². The Balaban J connectivity index is 1.94. The van der Waals surface area contributed by atoms with E-state index >= 15 is 0 Å². The maximum absolute atomic E-state index is 12.2. The average molecular weight is 404 g/mol. The first kappa shape index (κ1) is 19.0. The Hall–Kier alpha value is -2.34. The highest BCUT2D eigenvalue weighted by Crippen LogP contribution is 2.22. The zero-order valence-corrected chi connectivity index (χ0v) is 16.1. The highest BCUT2D eigenvalue weighted by atomic mass is 79.9. The van der Waals surface area contributed by atoms with Gasteiger partial charge < -0.3 is 16.0 Å². The summed E-state index contributed by atoms with van der Waals surface area (Å²) in [6.45, 7) is 5.73. The van der Waals surface area contributed by atoms with Gasteiger partial charge in [0.2, 0.25) is 0 Å². The Kier molecular flexibility index (Phi) is 6.58. The van der Waals surface area contributed by atoms with Gasteiger partial charge in [-0.2, -0.15) is 0 Å². The SMILES string of the molecule is CC(C)NC(=O)c1ccc(NC(=O)NC(C)c2ccccc2Br)cc1. The average Bonchev–Trinajstić information content (AvgIpc) is 2.55. The number of nitrogens with one attached hydrogen (secondary N) is 3. The minimum atomic E-state index is -0.303. The third-order valence-corrected chi connectivity index (χ3v) is 4.27. The van der Waals surface area contributed by atoms with E-state index in [9.17, 15) is 9.59 Å². The van der Waals surface area contributed by atoms with E-state index in [0.717, 1.165) is 10.0 Å². The van der Waals surface area contributed by atoms with E-state index in [1.165, 1.54) is 0 Å². The van der Waals surface area contributed by atoms with Crippen molar-refractivity contribution in [3.8, 4) is 0 Å². The van der Waals surface area contributed by atoms with Gasteiger partial charge in [0.25, 0.3) is 5.91 Å². The molecule has 2 rings (SSSR count). The van der Waals surface area contributed by atoms with E-state index in [1.807, 2.05) is 45.0 Å². The summed E-state index contributed by atoms with van der Waals surface area (Å²) < 4.78 is 0.948. The molecule has 0 bridgehead atoms. The van der Waals surface area contributed by atoms with E-state index in [4.69, 9.17) is 0 Å². The van der Waals surface area contributed by atoms with Crippen LogP contribution in [0.5, 0.6) is 0 Å². The van der Waals surface area contributed by atoms with Crippen LogP contribution in [0.4, 0.5) is 10.5 Å². The quantitative estimate of drug-likeness (QED) is 0.688. The van der Waals surface area contributed by atoms with Gasteiger partial charge >= 0.3 is 6.03 Å². The molecule has 0 saturated carbocycles. The van der Waals surface area contributed by atoms with Crippen molar-refractivity contribution in [2.75, 3.05) is 5.32 Å². The van der Waals surface area contributed by atoms with E-state index in [-0.39, 0.29) is 24.0 Å². The van der Waals surface area contributed by atoms with Crippen LogP contribution in [0.25, 0.3) is 0 Å². The zero-order chi connectivity index (χ0) is 18.4. The first-order valence-electron chi connectivity index (χ1n) is 8.09. The van der Waals surface area contributed by atoms with Gasteiger partial charge in [-0.25, -0.2) is 4.79 Å². The second-order valence-electron chi connectivity index (χ2n) is 6.05. The van der Waals surface area contributed by atoms with Crippen LogP contribution < -0.4 is 16.0 Å². The highest BCUT2D eigenvalue weighted by Gasteiger charge is 2.12. The number of carbonyl (C=O) groups excluding carboxylic acids is 2. The molecule has 0 heterocycles. The van der Waals surface area contributed by atoms with Crippen LogP contribution in [0.2, 0.25) is 0 Å². The van der Waals surface area contributed by atoms with Crippen LogP contribution in [0, 0.1) is 0 Å². The number of halogens is 1. The third kappa shape index (κ3) is 5.60. The number of hydrogen-bond donors (Lipinski definition) is 3. The fraction of sp³-hybridized carbons (Fsp3) is 0.263. The van der Waals surface area contributed by atoms with Crippen molar-refractivity contribution in [2.24, 2.45) is 0 Å². The Labute approximate surface area is 156 Å². The molecule has 0 aliphatic rings. The van der Waals surface area contributed by atoms with Crippen LogP contribution in [0.3, 0.4) is 0 Å². The largest absolute Gasteiger partial charge is 0.350 e. The van der Waals surface area contributed by atoms with Gasteiger partial charge in [-0.15, -0.1) is 0 Å². The van der Waals surface area contributed by atoms with E-state index < -0.39 is 0 Å². The summed E-state index contributed by atoms with van der Waals surface area (Å²) in [6.07, 6.45) is 0. The minimum Gasteiger partial charge on any atom is -0.350 e. The number of anilines is 1. The standard InChI is InChI=1S/C19H22BrN3O2/c1-12(2)21-18(24)14-8-10-15(11-9-14)23-19(25)22-13(3)16-6-4-5-7-17(16)20/h4-13H,1-3H3,(H,21,24)(H2,22,23,25). The molecule has 0 saturated heterocycles. The first-order chi connectivity index (χ1) is 11.9. The van der Waals surface area contributed by atoms with Crippen LogP contribution in [0.15, 0.2) is 53.0 Å². The summed E-state index contributed by atoms with van der Waals surface area (Å²) in [5.74, 6) is -0.131. The molecule has 3 amide bonds. The molecule has 0 radical (unpaired) electrons. The van der Waals surface area contributed by atoms with Crippen molar-refractivity contribution in [2.45, 2.75) is 32.9 Å². The molecular weight excluding hydrogens is 382 g/mol. The molecule has 132 valence electrons. The van der Waals surface area contributed by atoms with Crippen LogP contribution in [0.1, 0.15) is 42.7 Å². The van der Waals surface area contributed by atoms with E-state index in [0.29, 0.717) is 11.3 Å². The van der Waals surface area contributed by atoms with Crippen LogP contribution in [-0.4, -0.2) is 18.0 Å². The number of urea groups is 1. The molecule has 3 N–H and O–H groups in total. The third-order valence-electron chi connectivity index (χ3n) is 3.54. The van der Waals surface area contributed by atoms with Gasteiger partial charge in [0.05, 0.1) is 6.04 Å². The van der Waals surface area contributed by atoms with Crippen molar-refractivity contribution in [1.82, 2.24) is 10.6 Å². The first-order valence-corrected chi connectivity index (χ1v) is 8.89. The van der Waals surface area contributed by atoms with Gasteiger partial charge in [0, 0.05) is 21.8 Å². The van der Waals surface area contributed by atoms with Crippen molar-refractivity contribution < 1.29 is 9.59 Å². The molecule has 0 spiro atoms. The van der Waals surface area contributed by atoms with Gasteiger partial charge in [0.1, 0.15) is 0 Å². The molecular formula is C19H22BrN3O2. The number of rotatable bonds is 5. The molecule has 25 heavy (non-hydrogen) atoms. The molecule has 1 atom stereocenters. The van der Waals surface area contributed by atoms with Crippen molar-refractivity contribution in [1.29, 1.82) is 0 Å². The van der Waals surface area contributed by atoms with Gasteiger partial charge in [-0.1, -0.05) is 34.1 Å². The lowest BCUT2D eigenvalue weighted by molar-refractivity contribution is 0.0943. The van der Waals surface area contributed by atoms with Crippen LogP contribution >= 0.6 is 15.9 Å².